The summed E-state index contributed by atoms with van der Waals surface area (Å²) in [4.78, 5) is 22.6. The van der Waals surface area contributed by atoms with E-state index in [4.69, 9.17) is 19.3 Å². The monoisotopic (exact) mass is 297 g/mol. The highest BCUT2D eigenvalue weighted by atomic mass is 16.5. The van der Waals surface area contributed by atoms with E-state index in [1.807, 2.05) is 6.92 Å². The standard InChI is InChI=1S/C14H19NO6/c1-4-5-15-12(16)8-21-13-10(19-2)6-9(14(17)18)7-11(13)20-3/h6-7H,4-5,8H2,1-3H3,(H,15,16)(H,17,18). The summed E-state index contributed by atoms with van der Waals surface area (Å²) in [6.07, 6.45) is 0.825. The van der Waals surface area contributed by atoms with Gasteiger partial charge < -0.3 is 24.6 Å². The molecule has 0 saturated heterocycles. The number of carboxylic acids is 1. The number of aromatic carboxylic acids is 1. The molecule has 0 aromatic heterocycles. The molecule has 0 spiro atoms. The SMILES string of the molecule is CCCNC(=O)COc1c(OC)cc(C(=O)O)cc1OC. The fourth-order valence-electron chi connectivity index (χ4n) is 1.60. The van der Waals surface area contributed by atoms with Gasteiger partial charge in [0.25, 0.3) is 5.91 Å². The van der Waals surface area contributed by atoms with Crippen LogP contribution >= 0.6 is 0 Å². The molecule has 2 N–H and O–H groups in total. The summed E-state index contributed by atoms with van der Waals surface area (Å²) in [5.41, 5.74) is 0.00600. The van der Waals surface area contributed by atoms with Crippen molar-refractivity contribution in [1.29, 1.82) is 0 Å². The molecule has 0 unspecified atom stereocenters. The highest BCUT2D eigenvalue weighted by molar-refractivity contribution is 5.89. The molecule has 0 aliphatic rings. The van der Waals surface area contributed by atoms with E-state index in [2.05, 4.69) is 5.32 Å². The Balaban J connectivity index is 2.94. The van der Waals surface area contributed by atoms with E-state index in [1.54, 1.807) is 0 Å². The van der Waals surface area contributed by atoms with Crippen molar-refractivity contribution >= 4 is 11.9 Å². The first-order chi connectivity index (χ1) is 10.0. The van der Waals surface area contributed by atoms with E-state index < -0.39 is 5.97 Å². The van der Waals surface area contributed by atoms with Gasteiger partial charge in [0.2, 0.25) is 5.75 Å². The van der Waals surface area contributed by atoms with Gasteiger partial charge in [0.1, 0.15) is 0 Å². The van der Waals surface area contributed by atoms with Crippen molar-refractivity contribution in [2.24, 2.45) is 0 Å². The van der Waals surface area contributed by atoms with Crippen LogP contribution in [0.2, 0.25) is 0 Å². The summed E-state index contributed by atoms with van der Waals surface area (Å²) in [5.74, 6) is -0.816. The summed E-state index contributed by atoms with van der Waals surface area (Å²) in [5, 5.41) is 11.7. The van der Waals surface area contributed by atoms with Gasteiger partial charge in [-0.05, 0) is 18.6 Å². The lowest BCUT2D eigenvalue weighted by Gasteiger charge is -2.15. The van der Waals surface area contributed by atoms with Gasteiger partial charge in [-0.25, -0.2) is 4.79 Å². The second-order valence-electron chi connectivity index (χ2n) is 4.15. The maximum absolute atomic E-state index is 11.5. The van der Waals surface area contributed by atoms with Crippen LogP contribution in [0.15, 0.2) is 12.1 Å². The minimum Gasteiger partial charge on any atom is -0.493 e. The van der Waals surface area contributed by atoms with Crippen LogP contribution in [0.1, 0.15) is 23.7 Å². The topological polar surface area (TPSA) is 94.1 Å². The molecule has 0 aliphatic heterocycles. The van der Waals surface area contributed by atoms with E-state index in [-0.39, 0.29) is 35.3 Å². The summed E-state index contributed by atoms with van der Waals surface area (Å²) in [6.45, 7) is 2.30. The molecule has 21 heavy (non-hydrogen) atoms. The first-order valence-corrected chi connectivity index (χ1v) is 6.42. The summed E-state index contributed by atoms with van der Waals surface area (Å²) in [6, 6.07) is 2.62. The zero-order valence-corrected chi connectivity index (χ0v) is 12.3. The van der Waals surface area contributed by atoms with Gasteiger partial charge in [0.15, 0.2) is 18.1 Å². The molecule has 0 radical (unpaired) electrons. The molecule has 1 aromatic carbocycles. The molecular weight excluding hydrogens is 278 g/mol. The average molecular weight is 297 g/mol. The van der Waals surface area contributed by atoms with Crippen LogP contribution < -0.4 is 19.5 Å². The Kier molecular flexibility index (Phi) is 6.32. The molecule has 116 valence electrons. The van der Waals surface area contributed by atoms with Crippen molar-refractivity contribution in [2.45, 2.75) is 13.3 Å². The minimum absolute atomic E-state index is 0.00600. The lowest BCUT2D eigenvalue weighted by Crippen LogP contribution is -2.29. The highest BCUT2D eigenvalue weighted by Gasteiger charge is 2.18. The molecule has 7 nitrogen and oxygen atoms in total. The molecule has 0 bridgehead atoms. The van der Waals surface area contributed by atoms with Crippen LogP contribution in [0, 0.1) is 0 Å². The fraction of sp³-hybridized carbons (Fsp3) is 0.429. The smallest absolute Gasteiger partial charge is 0.335 e. The quantitative estimate of drug-likeness (QED) is 0.751. The first-order valence-electron chi connectivity index (χ1n) is 6.42. The van der Waals surface area contributed by atoms with Crippen molar-refractivity contribution in [2.75, 3.05) is 27.4 Å². The number of rotatable bonds is 8. The van der Waals surface area contributed by atoms with Crippen molar-refractivity contribution in [3.05, 3.63) is 17.7 Å². The molecule has 0 fully saturated rings. The van der Waals surface area contributed by atoms with Gasteiger partial charge in [0.05, 0.1) is 19.8 Å². The second kappa shape index (κ2) is 7.98. The molecular formula is C14H19NO6. The van der Waals surface area contributed by atoms with Crippen molar-refractivity contribution in [3.63, 3.8) is 0 Å². The Morgan fingerprint density at radius 3 is 2.19 bits per heavy atom. The molecule has 0 saturated carbocycles. The molecule has 1 amide bonds. The number of benzene rings is 1. The van der Waals surface area contributed by atoms with Crippen LogP contribution in [0.5, 0.6) is 17.2 Å². The Labute approximate surface area is 122 Å². The third-order valence-corrected chi connectivity index (χ3v) is 2.63. The zero-order chi connectivity index (χ0) is 15.8. The summed E-state index contributed by atoms with van der Waals surface area (Å²) < 4.78 is 15.6. The number of carboxylic acid groups (broad SMARTS) is 1. The van der Waals surface area contributed by atoms with E-state index in [1.165, 1.54) is 26.4 Å². The molecule has 1 rings (SSSR count). The van der Waals surface area contributed by atoms with Crippen LogP contribution in [-0.4, -0.2) is 44.4 Å². The third kappa shape index (κ3) is 4.55. The number of nitrogens with one attached hydrogen (secondary N) is 1. The number of carbonyl (C=O) groups excluding carboxylic acids is 1. The molecule has 0 aliphatic carbocycles. The second-order valence-corrected chi connectivity index (χ2v) is 4.15. The van der Waals surface area contributed by atoms with Crippen molar-refractivity contribution in [3.8, 4) is 17.2 Å². The minimum atomic E-state index is -1.11. The molecule has 7 heteroatoms. The fourth-order valence-corrected chi connectivity index (χ4v) is 1.60. The third-order valence-electron chi connectivity index (χ3n) is 2.63. The predicted octanol–water partition coefficient (Wildman–Crippen LogP) is 1.31. The van der Waals surface area contributed by atoms with Gasteiger partial charge in [-0.1, -0.05) is 6.92 Å². The van der Waals surface area contributed by atoms with Gasteiger partial charge in [-0.2, -0.15) is 0 Å². The number of hydrogen-bond donors (Lipinski definition) is 2. The maximum atomic E-state index is 11.5. The lowest BCUT2D eigenvalue weighted by molar-refractivity contribution is -0.123. The van der Waals surface area contributed by atoms with Crippen LogP contribution in [-0.2, 0) is 4.79 Å². The molecule has 1 aromatic rings. The number of ether oxygens (including phenoxy) is 3. The van der Waals surface area contributed by atoms with Crippen LogP contribution in [0.25, 0.3) is 0 Å². The zero-order valence-electron chi connectivity index (χ0n) is 12.3. The number of carbonyl (C=O) groups is 2. The maximum Gasteiger partial charge on any atom is 0.335 e. The van der Waals surface area contributed by atoms with Crippen LogP contribution in [0.4, 0.5) is 0 Å². The normalized spacial score (nSPS) is 9.86. The van der Waals surface area contributed by atoms with E-state index in [9.17, 15) is 9.59 Å². The number of amides is 1. The van der Waals surface area contributed by atoms with Gasteiger partial charge in [-0.3, -0.25) is 4.79 Å². The highest BCUT2D eigenvalue weighted by Crippen LogP contribution is 2.38. The van der Waals surface area contributed by atoms with Crippen molar-refractivity contribution in [1.82, 2.24) is 5.32 Å². The average Bonchev–Trinajstić information content (AvgIpc) is 2.49. The Morgan fingerprint density at radius 2 is 1.76 bits per heavy atom. The van der Waals surface area contributed by atoms with E-state index in [0.717, 1.165) is 6.42 Å². The number of methoxy groups -OCH3 is 2. The van der Waals surface area contributed by atoms with Gasteiger partial charge >= 0.3 is 5.97 Å². The summed E-state index contributed by atoms with van der Waals surface area (Å²) >= 11 is 0. The van der Waals surface area contributed by atoms with Gasteiger partial charge in [-0.15, -0.1) is 0 Å². The van der Waals surface area contributed by atoms with E-state index >= 15 is 0 Å². The first kappa shape index (κ1) is 16.6. The molecule has 0 atom stereocenters. The Hall–Kier alpha value is -2.44. The Morgan fingerprint density at radius 1 is 1.19 bits per heavy atom. The van der Waals surface area contributed by atoms with Gasteiger partial charge in [0, 0.05) is 6.54 Å². The van der Waals surface area contributed by atoms with Crippen LogP contribution in [0.3, 0.4) is 0 Å². The molecule has 0 heterocycles. The Bertz CT molecular complexity index is 489. The predicted molar refractivity (Wildman–Crippen MR) is 75.3 cm³/mol. The van der Waals surface area contributed by atoms with E-state index in [0.29, 0.717) is 6.54 Å². The number of hydrogen-bond acceptors (Lipinski definition) is 5. The van der Waals surface area contributed by atoms with Crippen molar-refractivity contribution < 1.29 is 28.9 Å². The largest absolute Gasteiger partial charge is 0.493 e. The summed E-state index contributed by atoms with van der Waals surface area (Å²) in [7, 11) is 2.76. The lowest BCUT2D eigenvalue weighted by atomic mass is 10.2.